The van der Waals surface area contributed by atoms with Gasteiger partial charge in [-0.15, -0.1) is 0 Å². The van der Waals surface area contributed by atoms with E-state index < -0.39 is 41.1 Å². The predicted octanol–water partition coefficient (Wildman–Crippen LogP) is 2.98. The summed E-state index contributed by atoms with van der Waals surface area (Å²) in [5.41, 5.74) is -1.88. The molecule has 4 aliphatic carbocycles. The molecule has 0 saturated heterocycles. The Labute approximate surface area is 188 Å². The van der Waals surface area contributed by atoms with E-state index in [1.54, 1.807) is 19.1 Å². The number of allylic oxidation sites excluding steroid dienone is 4. The van der Waals surface area contributed by atoms with E-state index in [4.69, 9.17) is 9.47 Å². The summed E-state index contributed by atoms with van der Waals surface area (Å²) in [5.74, 6) is -0.826. The minimum Gasteiger partial charge on any atom is -0.435 e. The van der Waals surface area contributed by atoms with Crippen molar-refractivity contribution < 1.29 is 34.1 Å². The lowest BCUT2D eigenvalue weighted by Crippen LogP contribution is -2.62. The van der Waals surface area contributed by atoms with Gasteiger partial charge >= 0.3 is 6.16 Å². The Balaban J connectivity index is 1.64. The Morgan fingerprint density at radius 1 is 1.25 bits per heavy atom. The lowest BCUT2D eigenvalue weighted by atomic mass is 9.46. The zero-order valence-electron chi connectivity index (χ0n) is 19.3. The molecule has 3 saturated carbocycles. The molecule has 0 aromatic carbocycles. The largest absolute Gasteiger partial charge is 0.508 e. The summed E-state index contributed by atoms with van der Waals surface area (Å²) >= 11 is 0. The molecule has 32 heavy (non-hydrogen) atoms. The van der Waals surface area contributed by atoms with Crippen molar-refractivity contribution in [3.63, 3.8) is 0 Å². The van der Waals surface area contributed by atoms with Gasteiger partial charge in [-0.05, 0) is 62.5 Å². The van der Waals surface area contributed by atoms with Crippen molar-refractivity contribution in [1.82, 2.24) is 0 Å². The smallest absolute Gasteiger partial charge is 0.435 e. The number of carbonyl (C=O) groups is 3. The van der Waals surface area contributed by atoms with Crippen LogP contribution >= 0.6 is 0 Å². The van der Waals surface area contributed by atoms with Crippen molar-refractivity contribution in [2.75, 3.05) is 13.2 Å². The van der Waals surface area contributed by atoms with E-state index >= 15 is 0 Å². The number of aliphatic hydroxyl groups is 2. The van der Waals surface area contributed by atoms with E-state index in [1.807, 2.05) is 19.9 Å². The van der Waals surface area contributed by atoms with Crippen molar-refractivity contribution in [3.05, 3.63) is 23.8 Å². The van der Waals surface area contributed by atoms with Gasteiger partial charge < -0.3 is 19.7 Å². The molecule has 0 aliphatic heterocycles. The molecule has 0 aromatic heterocycles. The number of hydrogen-bond donors (Lipinski definition) is 2. The van der Waals surface area contributed by atoms with Crippen LogP contribution in [0.4, 0.5) is 4.79 Å². The monoisotopic (exact) mass is 446 g/mol. The maximum absolute atomic E-state index is 13.2. The van der Waals surface area contributed by atoms with Gasteiger partial charge in [0.15, 0.2) is 12.4 Å². The Morgan fingerprint density at radius 2 is 1.97 bits per heavy atom. The van der Waals surface area contributed by atoms with Gasteiger partial charge in [-0.1, -0.05) is 32.4 Å². The zero-order valence-corrected chi connectivity index (χ0v) is 19.3. The molecular weight excluding hydrogens is 412 g/mol. The summed E-state index contributed by atoms with van der Waals surface area (Å²) in [7, 11) is 0. The minimum atomic E-state index is -1.70. The Bertz CT molecular complexity index is 891. The number of rotatable bonds is 4. The first-order chi connectivity index (χ1) is 15.0. The lowest BCUT2D eigenvalue weighted by molar-refractivity contribution is -0.184. The van der Waals surface area contributed by atoms with Crippen LogP contribution in [0.5, 0.6) is 0 Å². The first-order valence-electron chi connectivity index (χ1n) is 11.7. The number of ether oxygens (including phenoxy) is 2. The molecule has 0 spiro atoms. The molecule has 0 radical (unpaired) electrons. The van der Waals surface area contributed by atoms with Gasteiger partial charge in [-0.2, -0.15) is 0 Å². The van der Waals surface area contributed by atoms with E-state index in [0.29, 0.717) is 6.42 Å². The van der Waals surface area contributed by atoms with Gasteiger partial charge in [0, 0.05) is 16.7 Å². The average molecular weight is 447 g/mol. The Hall–Kier alpha value is -1.99. The van der Waals surface area contributed by atoms with Crippen LogP contribution in [0.2, 0.25) is 0 Å². The van der Waals surface area contributed by atoms with Gasteiger partial charge in [0.2, 0.25) is 5.78 Å². The summed E-state index contributed by atoms with van der Waals surface area (Å²) in [4.78, 5) is 36.8. The third-order valence-electron chi connectivity index (χ3n) is 9.09. The molecule has 7 heteroatoms. The fourth-order valence-electron chi connectivity index (χ4n) is 7.65. The number of Topliss-reactive ketones (excluding diaryl/α,β-unsaturated/α-hetero) is 1. The average Bonchev–Trinajstić information content (AvgIpc) is 2.93. The lowest BCUT2D eigenvalue weighted by Gasteiger charge is -2.59. The number of aliphatic hydroxyl groups excluding tert-OH is 1. The normalized spacial score (nSPS) is 44.8. The van der Waals surface area contributed by atoms with E-state index in [-0.39, 0.29) is 42.5 Å². The molecule has 4 rings (SSSR count). The first kappa shape index (κ1) is 23.2. The third kappa shape index (κ3) is 3.11. The van der Waals surface area contributed by atoms with Gasteiger partial charge in [-0.3, -0.25) is 9.59 Å². The van der Waals surface area contributed by atoms with Gasteiger partial charge in [0.05, 0.1) is 12.7 Å². The summed E-state index contributed by atoms with van der Waals surface area (Å²) in [5, 5.41) is 23.2. The maximum Gasteiger partial charge on any atom is 0.508 e. The molecule has 2 N–H and O–H groups in total. The van der Waals surface area contributed by atoms with Crippen LogP contribution in [0.3, 0.4) is 0 Å². The Kier molecular flexibility index (Phi) is 5.65. The molecule has 3 unspecified atom stereocenters. The fraction of sp³-hybridized carbons (Fsp3) is 0.720. The zero-order chi connectivity index (χ0) is 23.5. The quantitative estimate of drug-likeness (QED) is 0.639. The van der Waals surface area contributed by atoms with Crippen molar-refractivity contribution in [1.29, 1.82) is 0 Å². The van der Waals surface area contributed by atoms with E-state index in [2.05, 4.69) is 6.92 Å². The SMILES string of the molecule is CCOC(=O)OCC(=O)[C@@]1(O)[C@@H](C)CC2C3CCC4=CC(=O)C=C[C@]4(C)C3[C@H](O)C[C@@]21C. The molecule has 8 atom stereocenters. The van der Waals surface area contributed by atoms with Crippen LogP contribution in [0.15, 0.2) is 23.8 Å². The molecule has 0 amide bonds. The van der Waals surface area contributed by atoms with Crippen molar-refractivity contribution in [3.8, 4) is 0 Å². The van der Waals surface area contributed by atoms with Crippen LogP contribution < -0.4 is 0 Å². The molecule has 3 fully saturated rings. The minimum absolute atomic E-state index is 0.0119. The number of fused-ring (bicyclic) bond motifs is 5. The molecule has 0 heterocycles. The molecule has 176 valence electrons. The third-order valence-corrected chi connectivity index (χ3v) is 9.09. The first-order valence-corrected chi connectivity index (χ1v) is 11.7. The summed E-state index contributed by atoms with van der Waals surface area (Å²) in [6, 6.07) is 0. The van der Waals surface area contributed by atoms with Crippen molar-refractivity contribution >= 4 is 17.7 Å². The second-order valence-electron chi connectivity index (χ2n) is 10.5. The summed E-state index contributed by atoms with van der Waals surface area (Å²) < 4.78 is 9.68. The van der Waals surface area contributed by atoms with Crippen LogP contribution in [0.25, 0.3) is 0 Å². The van der Waals surface area contributed by atoms with Crippen LogP contribution in [0.1, 0.15) is 53.4 Å². The van der Waals surface area contributed by atoms with Gasteiger partial charge in [0.1, 0.15) is 5.60 Å². The highest BCUT2D eigenvalue weighted by Crippen LogP contribution is 2.68. The topological polar surface area (TPSA) is 110 Å². The van der Waals surface area contributed by atoms with Gasteiger partial charge in [-0.25, -0.2) is 4.79 Å². The highest BCUT2D eigenvalue weighted by Gasteiger charge is 2.70. The summed E-state index contributed by atoms with van der Waals surface area (Å²) in [6.07, 6.45) is 6.08. The van der Waals surface area contributed by atoms with Gasteiger partial charge in [0.25, 0.3) is 0 Å². The maximum atomic E-state index is 13.2. The molecular formula is C25H34O7. The molecule has 0 bridgehead atoms. The molecule has 7 nitrogen and oxygen atoms in total. The molecule has 4 aliphatic rings. The van der Waals surface area contributed by atoms with Crippen LogP contribution in [-0.4, -0.2) is 52.9 Å². The fourth-order valence-corrected chi connectivity index (χ4v) is 7.65. The van der Waals surface area contributed by atoms with Crippen LogP contribution in [-0.2, 0) is 19.1 Å². The highest BCUT2D eigenvalue weighted by atomic mass is 16.7. The second kappa shape index (κ2) is 7.80. The Morgan fingerprint density at radius 3 is 2.66 bits per heavy atom. The van der Waals surface area contributed by atoms with E-state index in [9.17, 15) is 24.6 Å². The second-order valence-corrected chi connectivity index (χ2v) is 10.5. The number of carbonyl (C=O) groups excluding carboxylic acids is 3. The van der Waals surface area contributed by atoms with E-state index in [1.165, 1.54) is 0 Å². The summed E-state index contributed by atoms with van der Waals surface area (Å²) in [6.45, 7) is 7.08. The predicted molar refractivity (Wildman–Crippen MR) is 115 cm³/mol. The van der Waals surface area contributed by atoms with Crippen molar-refractivity contribution in [2.24, 2.45) is 34.5 Å². The van der Waals surface area contributed by atoms with Crippen LogP contribution in [0, 0.1) is 34.5 Å². The number of ketones is 2. The van der Waals surface area contributed by atoms with E-state index in [0.717, 1.165) is 18.4 Å². The molecule has 0 aromatic rings. The number of hydrogen-bond acceptors (Lipinski definition) is 7. The highest BCUT2D eigenvalue weighted by molar-refractivity contribution is 6.01. The van der Waals surface area contributed by atoms with Crippen molar-refractivity contribution in [2.45, 2.75) is 65.1 Å². The standard InChI is InChI=1S/C25H34O7/c1-5-31-22(29)32-13-20(28)25(30)14(2)10-18-17-7-6-15-11-16(26)8-9-23(15,3)21(17)19(27)12-24(18,25)4/h8-9,11,14,17-19,21,27,30H,5-7,10,12-13H2,1-4H3/t14-,17?,18?,19+,21?,23-,24-,25-/m0/s1.